The minimum Gasteiger partial charge on any atom is -0.480 e. The fourth-order valence-corrected chi connectivity index (χ4v) is 6.70. The van der Waals surface area contributed by atoms with Gasteiger partial charge in [0.25, 0.3) is 0 Å². The van der Waals surface area contributed by atoms with E-state index in [4.69, 9.17) is 16.6 Å². The number of carboxylic acids is 2. The molecule has 48 heavy (non-hydrogen) atoms. The number of carbonyl (C=O) groups excluding carboxylic acids is 1. The number of hydrogen-bond donors (Lipinski definition) is 6. The van der Waals surface area contributed by atoms with Crippen LogP contribution in [-0.4, -0.2) is 115 Å². The maximum atomic E-state index is 12.3. The summed E-state index contributed by atoms with van der Waals surface area (Å²) in [6.07, 6.45) is 5.20. The van der Waals surface area contributed by atoms with E-state index >= 15 is 0 Å². The Bertz CT molecular complexity index is 1540. The summed E-state index contributed by atoms with van der Waals surface area (Å²) in [7, 11) is 0. The molecule has 1 saturated heterocycles. The summed E-state index contributed by atoms with van der Waals surface area (Å²) in [4.78, 5) is 48.4. The number of piperazine rings is 1. The molecule has 3 heterocycles. The van der Waals surface area contributed by atoms with Crippen molar-refractivity contribution in [3.63, 3.8) is 0 Å². The second-order valence-electron chi connectivity index (χ2n) is 12.3. The van der Waals surface area contributed by atoms with Crippen LogP contribution < -0.4 is 22.1 Å². The Morgan fingerprint density at radius 1 is 1.00 bits per heavy atom. The summed E-state index contributed by atoms with van der Waals surface area (Å²) in [6.45, 7) is 11.4. The number of thioether (sulfide) groups is 1. The van der Waals surface area contributed by atoms with E-state index in [0.29, 0.717) is 19.6 Å². The van der Waals surface area contributed by atoms with Crippen molar-refractivity contribution in [2.45, 2.75) is 63.9 Å². The summed E-state index contributed by atoms with van der Waals surface area (Å²) in [5, 5.41) is 23.5. The van der Waals surface area contributed by atoms with Crippen LogP contribution in [0, 0.1) is 6.92 Å². The number of unbranched alkanes of at least 4 members (excludes halogenated alkanes) is 2. The molecule has 1 fully saturated rings. The van der Waals surface area contributed by atoms with Crippen LogP contribution >= 0.6 is 11.8 Å². The van der Waals surface area contributed by atoms with Gasteiger partial charge in [0.15, 0.2) is 5.82 Å². The molecule has 0 bridgehead atoms. The first kappa shape index (κ1) is 36.9. The minimum atomic E-state index is -1.20. The Morgan fingerprint density at radius 2 is 1.75 bits per heavy atom. The number of aliphatic carboxylic acids is 2. The van der Waals surface area contributed by atoms with Crippen molar-refractivity contribution in [3.05, 3.63) is 47.2 Å². The van der Waals surface area contributed by atoms with Gasteiger partial charge in [0, 0.05) is 77.3 Å². The summed E-state index contributed by atoms with van der Waals surface area (Å²) in [6, 6.07) is 7.48. The molecule has 0 spiro atoms. The summed E-state index contributed by atoms with van der Waals surface area (Å²) in [5.74, 6) is -1.78. The molecule has 15 heteroatoms. The number of aromatic nitrogens is 3. The predicted octanol–water partition coefficient (Wildman–Crippen LogP) is 2.19. The van der Waals surface area contributed by atoms with Crippen LogP contribution in [0.1, 0.15) is 49.3 Å². The van der Waals surface area contributed by atoms with Gasteiger partial charge in [0.2, 0.25) is 11.9 Å². The molecule has 14 nitrogen and oxygen atoms in total. The number of fused-ring (bicyclic) bond motifs is 1. The molecule has 0 aliphatic carbocycles. The third-order valence-corrected chi connectivity index (χ3v) is 9.83. The molecule has 1 amide bonds. The maximum Gasteiger partial charge on any atom is 0.321 e. The van der Waals surface area contributed by atoms with Gasteiger partial charge in [0.1, 0.15) is 16.8 Å². The monoisotopic (exact) mass is 683 g/mol. The highest BCUT2D eigenvalue weighted by atomic mass is 32.2. The second kappa shape index (κ2) is 18.0. The third kappa shape index (κ3) is 10.8. The van der Waals surface area contributed by atoms with Gasteiger partial charge in [-0.05, 0) is 36.1 Å². The van der Waals surface area contributed by atoms with E-state index in [-0.39, 0.29) is 24.0 Å². The van der Waals surface area contributed by atoms with Gasteiger partial charge in [-0.15, -0.1) is 11.8 Å². The predicted molar refractivity (Wildman–Crippen MR) is 189 cm³/mol. The summed E-state index contributed by atoms with van der Waals surface area (Å²) >= 11 is 0.869. The molecule has 3 aromatic rings. The van der Waals surface area contributed by atoms with Gasteiger partial charge >= 0.3 is 11.9 Å². The highest BCUT2D eigenvalue weighted by Gasteiger charge is 2.25. The zero-order chi connectivity index (χ0) is 34.6. The molecule has 2 aromatic heterocycles. The lowest BCUT2D eigenvalue weighted by Crippen LogP contribution is -2.48. The molecule has 1 aromatic carbocycles. The molecule has 262 valence electrons. The van der Waals surface area contributed by atoms with Crippen molar-refractivity contribution >= 4 is 52.4 Å². The number of nitrogens with two attached hydrogens (primary N) is 2. The number of carboxylic acid groups (broad SMARTS) is 2. The van der Waals surface area contributed by atoms with E-state index in [2.05, 4.69) is 67.0 Å². The number of aryl methyl sites for hydroxylation is 1. The van der Waals surface area contributed by atoms with Crippen LogP contribution in [0.4, 0.5) is 11.8 Å². The lowest BCUT2D eigenvalue weighted by molar-refractivity contribution is -0.139. The number of carbonyl (C=O) groups is 3. The average Bonchev–Trinajstić information content (AvgIpc) is 3.45. The van der Waals surface area contributed by atoms with Crippen LogP contribution in [0.5, 0.6) is 0 Å². The smallest absolute Gasteiger partial charge is 0.321 e. The Labute approximate surface area is 285 Å². The van der Waals surface area contributed by atoms with Crippen molar-refractivity contribution in [1.29, 1.82) is 0 Å². The molecule has 8 N–H and O–H groups in total. The average molecular weight is 684 g/mol. The summed E-state index contributed by atoms with van der Waals surface area (Å²) < 4.78 is 2.18. The molecule has 1 aliphatic rings. The van der Waals surface area contributed by atoms with E-state index in [1.165, 1.54) is 16.7 Å². The number of anilines is 2. The number of hydrogen-bond acceptors (Lipinski definition) is 11. The van der Waals surface area contributed by atoms with Crippen molar-refractivity contribution < 1.29 is 24.6 Å². The quantitative estimate of drug-likeness (QED) is 0.100. The first-order valence-corrected chi connectivity index (χ1v) is 17.6. The Hall–Kier alpha value is -3.92. The molecule has 0 saturated carbocycles. The number of amides is 1. The zero-order valence-electron chi connectivity index (χ0n) is 27.9. The highest BCUT2D eigenvalue weighted by molar-refractivity contribution is 8.00. The molecule has 0 unspecified atom stereocenters. The number of nitrogen functional groups attached to an aromatic ring is 1. The molecular weight excluding hydrogens is 634 g/mol. The molecular formula is C33H49N9O5S. The molecule has 0 radical (unpaired) electrons. The lowest BCUT2D eigenvalue weighted by atomic mass is 10.0. The number of nitrogens with zero attached hydrogens (tertiary/aromatic N) is 5. The van der Waals surface area contributed by atoms with Crippen LogP contribution in [0.15, 0.2) is 30.5 Å². The first-order valence-electron chi connectivity index (χ1n) is 16.5. The van der Waals surface area contributed by atoms with Gasteiger partial charge in [-0.3, -0.25) is 24.2 Å². The molecule has 1 aliphatic heterocycles. The van der Waals surface area contributed by atoms with Crippen LogP contribution in [0.2, 0.25) is 0 Å². The lowest BCUT2D eigenvalue weighted by Gasteiger charge is -2.34. The van der Waals surface area contributed by atoms with E-state index in [1.807, 2.05) is 12.3 Å². The third-order valence-electron chi connectivity index (χ3n) is 8.51. The van der Waals surface area contributed by atoms with Gasteiger partial charge in [-0.2, -0.15) is 4.98 Å². The van der Waals surface area contributed by atoms with Crippen LogP contribution in [0.25, 0.3) is 11.0 Å². The molecule has 4 rings (SSSR count). The Balaban J connectivity index is 1.22. The van der Waals surface area contributed by atoms with Crippen LogP contribution in [-0.2, 0) is 27.5 Å². The normalized spacial score (nSPS) is 15.3. The van der Waals surface area contributed by atoms with Gasteiger partial charge in [0.05, 0.1) is 5.52 Å². The Kier molecular flexibility index (Phi) is 13.8. The number of benzene rings is 1. The zero-order valence-corrected chi connectivity index (χ0v) is 28.7. The van der Waals surface area contributed by atoms with Crippen molar-refractivity contribution in [3.8, 4) is 0 Å². The SMILES string of the molecule is CCCCCNc1nc(N)nc2ccn(Cc3ccc(CN4CCN(CCNC(=O)C[C@@H](SC[C@H](N)C(=O)O)C(=O)O)CC4)cc3C)c12. The maximum absolute atomic E-state index is 12.3. The standard InChI is InChI=1S/C33H49N9O5S/c1-3-4-5-9-37-30-29-26(38-33(35)39-30)8-11-42(29)20-24-7-6-23(17-22(24)2)19-41-15-13-40(14-16-41)12-10-36-28(43)18-27(32(46)47)48-21-25(34)31(44)45/h6-8,11,17,25,27H,3-5,9-10,12-16,18-21,34H2,1-2H3,(H,36,43)(H,44,45)(H,46,47)(H3,35,37,38,39)/t25-,27+/m0/s1. The van der Waals surface area contributed by atoms with Gasteiger partial charge in [-0.1, -0.05) is 38.0 Å². The van der Waals surface area contributed by atoms with Crippen LogP contribution in [0.3, 0.4) is 0 Å². The van der Waals surface area contributed by atoms with Gasteiger partial charge < -0.3 is 36.9 Å². The van der Waals surface area contributed by atoms with Crippen molar-refractivity contribution in [1.82, 2.24) is 29.7 Å². The van der Waals surface area contributed by atoms with Gasteiger partial charge in [-0.25, -0.2) is 4.98 Å². The topological polar surface area (TPSA) is 205 Å². The number of nitrogens with one attached hydrogen (secondary N) is 2. The van der Waals surface area contributed by atoms with E-state index in [9.17, 15) is 19.5 Å². The molecule has 2 atom stereocenters. The van der Waals surface area contributed by atoms with E-state index in [1.54, 1.807) is 0 Å². The Morgan fingerprint density at radius 3 is 2.44 bits per heavy atom. The first-order chi connectivity index (χ1) is 23.0. The fraction of sp³-hybridized carbons (Fsp3) is 0.545. The largest absolute Gasteiger partial charge is 0.480 e. The van der Waals surface area contributed by atoms with Crippen molar-refractivity contribution in [2.75, 3.05) is 62.6 Å². The second-order valence-corrected chi connectivity index (χ2v) is 13.5. The highest BCUT2D eigenvalue weighted by Crippen LogP contribution is 2.25. The number of rotatable bonds is 19. The summed E-state index contributed by atoms with van der Waals surface area (Å²) in [5.41, 5.74) is 17.0. The minimum absolute atomic E-state index is 0.0805. The van der Waals surface area contributed by atoms with E-state index in [0.717, 1.165) is 87.1 Å². The van der Waals surface area contributed by atoms with E-state index < -0.39 is 23.2 Å². The van der Waals surface area contributed by atoms with Crippen molar-refractivity contribution in [2.24, 2.45) is 5.73 Å². The fourth-order valence-electron chi connectivity index (χ4n) is 5.71.